The summed E-state index contributed by atoms with van der Waals surface area (Å²) < 4.78 is 5.09. The lowest BCUT2D eigenvalue weighted by Crippen LogP contribution is -2.45. The fraction of sp³-hybridized carbons (Fsp3) is 0.571. The Balaban J connectivity index is 2.00. The third kappa shape index (κ3) is 2.63. The SMILES string of the molecule is COCCCC1(N)CCc2ccccc2C1. The molecule has 1 aliphatic rings. The summed E-state index contributed by atoms with van der Waals surface area (Å²) >= 11 is 0. The minimum atomic E-state index is -0.00706. The third-order valence-electron chi connectivity index (χ3n) is 3.58. The van der Waals surface area contributed by atoms with Crippen molar-refractivity contribution in [3.63, 3.8) is 0 Å². The van der Waals surface area contributed by atoms with E-state index < -0.39 is 0 Å². The van der Waals surface area contributed by atoms with Gasteiger partial charge in [0.05, 0.1) is 0 Å². The molecule has 1 aromatic rings. The molecule has 0 fully saturated rings. The van der Waals surface area contributed by atoms with Crippen LogP contribution in [0.5, 0.6) is 0 Å². The maximum atomic E-state index is 6.46. The van der Waals surface area contributed by atoms with Crippen LogP contribution >= 0.6 is 0 Å². The van der Waals surface area contributed by atoms with Gasteiger partial charge in [0, 0.05) is 19.3 Å². The summed E-state index contributed by atoms with van der Waals surface area (Å²) in [7, 11) is 1.75. The van der Waals surface area contributed by atoms with Crippen LogP contribution in [0.3, 0.4) is 0 Å². The minimum Gasteiger partial charge on any atom is -0.385 e. The molecule has 0 spiro atoms. The van der Waals surface area contributed by atoms with E-state index in [2.05, 4.69) is 24.3 Å². The third-order valence-corrected chi connectivity index (χ3v) is 3.58. The van der Waals surface area contributed by atoms with E-state index in [0.29, 0.717) is 0 Å². The zero-order valence-electron chi connectivity index (χ0n) is 10.0. The quantitative estimate of drug-likeness (QED) is 0.789. The number of benzene rings is 1. The van der Waals surface area contributed by atoms with Gasteiger partial charge in [-0.05, 0) is 43.2 Å². The fourth-order valence-electron chi connectivity index (χ4n) is 2.61. The molecule has 88 valence electrons. The van der Waals surface area contributed by atoms with Crippen LogP contribution in [0.25, 0.3) is 0 Å². The molecule has 0 aromatic heterocycles. The first kappa shape index (κ1) is 11.6. The van der Waals surface area contributed by atoms with Crippen LogP contribution in [-0.4, -0.2) is 19.3 Å². The van der Waals surface area contributed by atoms with Crippen molar-refractivity contribution in [3.8, 4) is 0 Å². The molecule has 0 radical (unpaired) electrons. The normalized spacial score (nSPS) is 24.1. The lowest BCUT2D eigenvalue weighted by molar-refractivity contribution is 0.180. The van der Waals surface area contributed by atoms with E-state index >= 15 is 0 Å². The zero-order valence-corrected chi connectivity index (χ0v) is 10.0. The van der Waals surface area contributed by atoms with Gasteiger partial charge in [0.25, 0.3) is 0 Å². The lowest BCUT2D eigenvalue weighted by Gasteiger charge is -2.35. The Morgan fingerprint density at radius 3 is 2.81 bits per heavy atom. The van der Waals surface area contributed by atoms with Crippen molar-refractivity contribution in [3.05, 3.63) is 35.4 Å². The molecule has 2 N–H and O–H groups in total. The maximum absolute atomic E-state index is 6.46. The van der Waals surface area contributed by atoms with E-state index in [1.54, 1.807) is 7.11 Å². The van der Waals surface area contributed by atoms with Crippen molar-refractivity contribution in [2.45, 2.75) is 37.6 Å². The lowest BCUT2D eigenvalue weighted by atomic mass is 9.76. The van der Waals surface area contributed by atoms with E-state index in [4.69, 9.17) is 10.5 Å². The Bertz CT molecular complexity index is 350. The minimum absolute atomic E-state index is 0.00706. The smallest absolute Gasteiger partial charge is 0.0462 e. The first-order valence-electron chi connectivity index (χ1n) is 6.08. The Kier molecular flexibility index (Phi) is 3.62. The van der Waals surface area contributed by atoms with E-state index in [9.17, 15) is 0 Å². The zero-order chi connectivity index (χ0) is 11.4. The summed E-state index contributed by atoms with van der Waals surface area (Å²) in [5.41, 5.74) is 9.37. The molecule has 0 bridgehead atoms. The van der Waals surface area contributed by atoms with Crippen molar-refractivity contribution in [1.29, 1.82) is 0 Å². The van der Waals surface area contributed by atoms with Crippen molar-refractivity contribution in [2.24, 2.45) is 5.73 Å². The monoisotopic (exact) mass is 219 g/mol. The standard InChI is InChI=1S/C14H21NO/c1-16-10-4-8-14(15)9-7-12-5-2-3-6-13(12)11-14/h2-3,5-6H,4,7-11,15H2,1H3. The number of hydrogen-bond donors (Lipinski definition) is 1. The molecule has 0 saturated heterocycles. The second kappa shape index (κ2) is 4.98. The average molecular weight is 219 g/mol. The number of hydrogen-bond acceptors (Lipinski definition) is 2. The molecule has 1 aromatic carbocycles. The Morgan fingerprint density at radius 1 is 1.31 bits per heavy atom. The largest absolute Gasteiger partial charge is 0.385 e. The number of fused-ring (bicyclic) bond motifs is 1. The maximum Gasteiger partial charge on any atom is 0.0462 e. The Labute approximate surface area is 97.8 Å². The van der Waals surface area contributed by atoms with Crippen LogP contribution in [-0.2, 0) is 17.6 Å². The highest BCUT2D eigenvalue weighted by molar-refractivity contribution is 5.31. The topological polar surface area (TPSA) is 35.2 Å². The highest BCUT2D eigenvalue weighted by atomic mass is 16.5. The molecule has 2 nitrogen and oxygen atoms in total. The van der Waals surface area contributed by atoms with Crippen LogP contribution in [0.4, 0.5) is 0 Å². The summed E-state index contributed by atoms with van der Waals surface area (Å²) in [5, 5.41) is 0. The summed E-state index contributed by atoms with van der Waals surface area (Å²) in [6.45, 7) is 0.820. The van der Waals surface area contributed by atoms with Crippen LogP contribution in [0.15, 0.2) is 24.3 Å². The van der Waals surface area contributed by atoms with Crippen LogP contribution in [0.1, 0.15) is 30.4 Å². The van der Waals surface area contributed by atoms with E-state index in [-0.39, 0.29) is 5.54 Å². The van der Waals surface area contributed by atoms with E-state index in [1.165, 1.54) is 11.1 Å². The van der Waals surface area contributed by atoms with Crippen LogP contribution in [0.2, 0.25) is 0 Å². The molecule has 0 aliphatic heterocycles. The molecule has 2 rings (SSSR count). The molecular formula is C14H21NO. The van der Waals surface area contributed by atoms with Gasteiger partial charge in [0.15, 0.2) is 0 Å². The predicted molar refractivity (Wildman–Crippen MR) is 66.5 cm³/mol. The van der Waals surface area contributed by atoms with Crippen LogP contribution in [0, 0.1) is 0 Å². The molecule has 0 saturated carbocycles. The van der Waals surface area contributed by atoms with E-state index in [1.807, 2.05) is 0 Å². The highest BCUT2D eigenvalue weighted by Gasteiger charge is 2.29. The first-order valence-corrected chi connectivity index (χ1v) is 6.08. The molecule has 2 heteroatoms. The van der Waals surface area contributed by atoms with Gasteiger partial charge in [-0.15, -0.1) is 0 Å². The van der Waals surface area contributed by atoms with Gasteiger partial charge in [-0.3, -0.25) is 0 Å². The summed E-state index contributed by atoms with van der Waals surface area (Å²) in [6, 6.07) is 8.67. The summed E-state index contributed by atoms with van der Waals surface area (Å²) in [5.74, 6) is 0. The second-order valence-electron chi connectivity index (χ2n) is 4.90. The predicted octanol–water partition coefficient (Wildman–Crippen LogP) is 2.30. The fourth-order valence-corrected chi connectivity index (χ4v) is 2.61. The number of ether oxygens (including phenoxy) is 1. The molecule has 0 heterocycles. The van der Waals surface area contributed by atoms with Gasteiger partial charge in [-0.25, -0.2) is 0 Å². The van der Waals surface area contributed by atoms with E-state index in [0.717, 1.165) is 38.7 Å². The van der Waals surface area contributed by atoms with Gasteiger partial charge in [-0.1, -0.05) is 24.3 Å². The molecule has 1 unspecified atom stereocenters. The summed E-state index contributed by atoms with van der Waals surface area (Å²) in [6.07, 6.45) is 5.38. The summed E-state index contributed by atoms with van der Waals surface area (Å²) in [4.78, 5) is 0. The molecule has 1 atom stereocenters. The van der Waals surface area contributed by atoms with Crippen molar-refractivity contribution >= 4 is 0 Å². The van der Waals surface area contributed by atoms with Crippen LogP contribution < -0.4 is 5.73 Å². The van der Waals surface area contributed by atoms with Gasteiger partial charge in [0.1, 0.15) is 0 Å². The number of nitrogens with two attached hydrogens (primary N) is 1. The molecule has 1 aliphatic carbocycles. The Hall–Kier alpha value is -0.860. The van der Waals surface area contributed by atoms with Crippen molar-refractivity contribution in [1.82, 2.24) is 0 Å². The number of methoxy groups -OCH3 is 1. The van der Waals surface area contributed by atoms with Gasteiger partial charge in [0.2, 0.25) is 0 Å². The van der Waals surface area contributed by atoms with Gasteiger partial charge < -0.3 is 10.5 Å². The Morgan fingerprint density at radius 2 is 2.06 bits per heavy atom. The molecule has 16 heavy (non-hydrogen) atoms. The van der Waals surface area contributed by atoms with Gasteiger partial charge in [-0.2, -0.15) is 0 Å². The number of rotatable bonds is 4. The first-order chi connectivity index (χ1) is 7.73. The molecule has 0 amide bonds. The van der Waals surface area contributed by atoms with Crippen molar-refractivity contribution in [2.75, 3.05) is 13.7 Å². The van der Waals surface area contributed by atoms with Gasteiger partial charge >= 0.3 is 0 Å². The average Bonchev–Trinajstić information content (AvgIpc) is 2.29. The number of aryl methyl sites for hydroxylation is 1. The highest BCUT2D eigenvalue weighted by Crippen LogP contribution is 2.29. The van der Waals surface area contributed by atoms with Crippen molar-refractivity contribution < 1.29 is 4.74 Å². The second-order valence-corrected chi connectivity index (χ2v) is 4.90. The molecular weight excluding hydrogens is 198 g/mol.